The Labute approximate surface area is 186 Å². The van der Waals surface area contributed by atoms with Crippen molar-refractivity contribution in [3.05, 3.63) is 84.2 Å². The Kier molecular flexibility index (Phi) is 6.65. The molecule has 32 heavy (non-hydrogen) atoms. The number of hydrogen-bond donors (Lipinski definition) is 3. The number of nitrogens with zero attached hydrogens (tertiary/aromatic N) is 1. The van der Waals surface area contributed by atoms with E-state index in [1.54, 1.807) is 24.3 Å². The van der Waals surface area contributed by atoms with Gasteiger partial charge in [0.05, 0.1) is 12.1 Å². The minimum Gasteiger partial charge on any atom is -0.376 e. The number of amides is 2. The second-order valence-corrected chi connectivity index (χ2v) is 7.65. The van der Waals surface area contributed by atoms with E-state index in [0.717, 1.165) is 18.8 Å². The van der Waals surface area contributed by atoms with Crippen molar-refractivity contribution < 1.29 is 14.0 Å². The quantitative estimate of drug-likeness (QED) is 0.505. The van der Waals surface area contributed by atoms with Gasteiger partial charge >= 0.3 is 0 Å². The minimum atomic E-state index is -0.373. The Hall–Kier alpha value is -3.87. The summed E-state index contributed by atoms with van der Waals surface area (Å²) in [5.41, 5.74) is 3.30. The molecule has 0 radical (unpaired) electrons. The first kappa shape index (κ1) is 21.4. The molecule has 3 N–H and O–H groups in total. The van der Waals surface area contributed by atoms with Gasteiger partial charge in [0.1, 0.15) is 5.82 Å². The van der Waals surface area contributed by atoms with Crippen LogP contribution in [0.4, 0.5) is 27.1 Å². The van der Waals surface area contributed by atoms with Gasteiger partial charge in [-0.25, -0.2) is 4.39 Å². The average molecular weight is 432 g/mol. The van der Waals surface area contributed by atoms with Gasteiger partial charge in [-0.2, -0.15) is 0 Å². The molecule has 0 spiro atoms. The van der Waals surface area contributed by atoms with E-state index >= 15 is 0 Å². The Morgan fingerprint density at radius 3 is 2.16 bits per heavy atom. The summed E-state index contributed by atoms with van der Waals surface area (Å²) in [6.45, 7) is 2.16. The topological polar surface area (TPSA) is 73.5 Å². The number of nitrogens with one attached hydrogen (secondary N) is 3. The molecule has 1 saturated heterocycles. The molecule has 3 aromatic rings. The second-order valence-electron chi connectivity index (χ2n) is 7.65. The number of carbonyl (C=O) groups excluding carboxylic acids is 2. The van der Waals surface area contributed by atoms with Crippen molar-refractivity contribution in [1.29, 1.82) is 0 Å². The number of halogens is 1. The van der Waals surface area contributed by atoms with Gasteiger partial charge in [0.15, 0.2) is 0 Å². The molecule has 1 heterocycles. The van der Waals surface area contributed by atoms with Gasteiger partial charge in [-0.15, -0.1) is 0 Å². The lowest BCUT2D eigenvalue weighted by molar-refractivity contribution is -0.114. The highest BCUT2D eigenvalue weighted by Gasteiger charge is 2.14. The summed E-state index contributed by atoms with van der Waals surface area (Å²) < 4.78 is 13.1. The molecule has 2 amide bonds. The first-order valence-corrected chi connectivity index (χ1v) is 10.6. The summed E-state index contributed by atoms with van der Waals surface area (Å²) >= 11 is 0. The van der Waals surface area contributed by atoms with Gasteiger partial charge < -0.3 is 20.9 Å². The fourth-order valence-electron chi connectivity index (χ4n) is 3.68. The molecule has 0 aromatic heterocycles. The van der Waals surface area contributed by atoms with E-state index < -0.39 is 0 Å². The van der Waals surface area contributed by atoms with Crippen LogP contribution in [0.1, 0.15) is 23.2 Å². The number of rotatable bonds is 7. The smallest absolute Gasteiger partial charge is 0.257 e. The van der Waals surface area contributed by atoms with Crippen LogP contribution in [-0.4, -0.2) is 31.4 Å². The van der Waals surface area contributed by atoms with Crippen molar-refractivity contribution in [2.24, 2.45) is 0 Å². The third-order valence-electron chi connectivity index (χ3n) is 5.34. The van der Waals surface area contributed by atoms with E-state index in [9.17, 15) is 14.0 Å². The van der Waals surface area contributed by atoms with Gasteiger partial charge in [0.2, 0.25) is 5.91 Å². The monoisotopic (exact) mass is 432 g/mol. The summed E-state index contributed by atoms with van der Waals surface area (Å²) in [4.78, 5) is 27.4. The van der Waals surface area contributed by atoms with Crippen LogP contribution in [-0.2, 0) is 4.79 Å². The molecule has 1 aliphatic heterocycles. The zero-order chi connectivity index (χ0) is 22.3. The lowest BCUT2D eigenvalue weighted by Gasteiger charge is -2.18. The van der Waals surface area contributed by atoms with Crippen molar-refractivity contribution in [2.75, 3.05) is 40.5 Å². The Morgan fingerprint density at radius 1 is 0.812 bits per heavy atom. The molecule has 3 aromatic carbocycles. The molecule has 164 valence electrons. The summed E-state index contributed by atoms with van der Waals surface area (Å²) in [5.74, 6) is -0.938. The lowest BCUT2D eigenvalue weighted by atomic mass is 10.1. The first-order valence-electron chi connectivity index (χ1n) is 10.6. The van der Waals surface area contributed by atoms with Crippen LogP contribution in [0.5, 0.6) is 0 Å². The van der Waals surface area contributed by atoms with Crippen molar-refractivity contribution in [1.82, 2.24) is 0 Å². The second kappa shape index (κ2) is 9.96. The van der Waals surface area contributed by atoms with E-state index in [0.29, 0.717) is 16.9 Å². The van der Waals surface area contributed by atoms with Crippen molar-refractivity contribution in [2.45, 2.75) is 12.8 Å². The van der Waals surface area contributed by atoms with E-state index in [1.165, 1.54) is 42.8 Å². The van der Waals surface area contributed by atoms with Gasteiger partial charge in [0.25, 0.3) is 5.91 Å². The molecule has 0 bridgehead atoms. The largest absolute Gasteiger partial charge is 0.376 e. The number of para-hydroxylation sites is 1. The lowest BCUT2D eigenvalue weighted by Crippen LogP contribution is -2.23. The molecular weight excluding hydrogens is 407 g/mol. The van der Waals surface area contributed by atoms with Gasteiger partial charge in [-0.1, -0.05) is 12.1 Å². The highest BCUT2D eigenvalue weighted by molar-refractivity contribution is 6.08. The Balaban J connectivity index is 1.33. The highest BCUT2D eigenvalue weighted by atomic mass is 19.1. The maximum absolute atomic E-state index is 13.1. The predicted molar refractivity (Wildman–Crippen MR) is 126 cm³/mol. The molecule has 0 unspecified atom stereocenters. The Morgan fingerprint density at radius 2 is 1.44 bits per heavy atom. The fourth-order valence-corrected chi connectivity index (χ4v) is 3.68. The molecular formula is C25H25FN4O2. The van der Waals surface area contributed by atoms with Gasteiger partial charge in [-0.3, -0.25) is 9.59 Å². The van der Waals surface area contributed by atoms with Gasteiger partial charge in [-0.05, 0) is 73.5 Å². The minimum absolute atomic E-state index is 0.00865. The average Bonchev–Trinajstić information content (AvgIpc) is 3.35. The van der Waals surface area contributed by atoms with Crippen LogP contribution in [0.25, 0.3) is 0 Å². The molecule has 1 fully saturated rings. The molecule has 6 nitrogen and oxygen atoms in total. The molecule has 4 rings (SSSR count). The zero-order valence-electron chi connectivity index (χ0n) is 17.6. The highest BCUT2D eigenvalue weighted by Crippen LogP contribution is 2.22. The summed E-state index contributed by atoms with van der Waals surface area (Å²) in [6, 6.07) is 20.3. The van der Waals surface area contributed by atoms with Gasteiger partial charge in [0, 0.05) is 35.8 Å². The predicted octanol–water partition coefficient (Wildman–Crippen LogP) is 4.73. The van der Waals surface area contributed by atoms with Crippen LogP contribution in [0, 0.1) is 5.82 Å². The SMILES string of the molecule is O=C(CNc1ccccc1C(=O)Nc1ccc(F)cc1)Nc1ccc(N2CCCC2)cc1. The van der Waals surface area contributed by atoms with E-state index in [-0.39, 0.29) is 24.2 Å². The molecule has 0 aliphatic carbocycles. The maximum atomic E-state index is 13.1. The normalized spacial score (nSPS) is 13.0. The van der Waals surface area contributed by atoms with Crippen molar-refractivity contribution >= 4 is 34.6 Å². The summed E-state index contributed by atoms with van der Waals surface area (Å²) in [5, 5.41) is 8.62. The van der Waals surface area contributed by atoms with Crippen LogP contribution >= 0.6 is 0 Å². The van der Waals surface area contributed by atoms with E-state index in [2.05, 4.69) is 20.9 Å². The number of anilines is 4. The van der Waals surface area contributed by atoms with E-state index in [4.69, 9.17) is 0 Å². The fraction of sp³-hybridized carbons (Fsp3) is 0.200. The number of benzene rings is 3. The molecule has 1 aliphatic rings. The number of hydrogen-bond acceptors (Lipinski definition) is 4. The molecule has 0 atom stereocenters. The van der Waals surface area contributed by atoms with Crippen LogP contribution in [0.2, 0.25) is 0 Å². The van der Waals surface area contributed by atoms with Crippen LogP contribution in [0.3, 0.4) is 0 Å². The zero-order valence-corrected chi connectivity index (χ0v) is 17.6. The first-order chi connectivity index (χ1) is 15.6. The number of carbonyl (C=O) groups is 2. The molecule has 0 saturated carbocycles. The van der Waals surface area contributed by atoms with E-state index in [1.807, 2.05) is 24.3 Å². The summed E-state index contributed by atoms with van der Waals surface area (Å²) in [6.07, 6.45) is 2.43. The third-order valence-corrected chi connectivity index (χ3v) is 5.34. The maximum Gasteiger partial charge on any atom is 0.257 e. The van der Waals surface area contributed by atoms with Crippen molar-refractivity contribution in [3.8, 4) is 0 Å². The van der Waals surface area contributed by atoms with Crippen LogP contribution < -0.4 is 20.9 Å². The molecule has 7 heteroatoms. The Bertz CT molecular complexity index is 1080. The standard InChI is InChI=1S/C25H25FN4O2/c26-18-7-9-20(10-8-18)29-25(32)22-5-1-2-6-23(22)27-17-24(31)28-19-11-13-21(14-12-19)30-15-3-4-16-30/h1-2,5-14,27H,3-4,15-17H2,(H,28,31)(H,29,32). The van der Waals surface area contributed by atoms with Crippen molar-refractivity contribution in [3.63, 3.8) is 0 Å². The summed E-state index contributed by atoms with van der Waals surface area (Å²) in [7, 11) is 0. The third kappa shape index (κ3) is 5.43. The van der Waals surface area contributed by atoms with Crippen LogP contribution in [0.15, 0.2) is 72.8 Å².